The molecule has 1 aliphatic heterocycles. The van der Waals surface area contributed by atoms with Gasteiger partial charge in [-0.05, 0) is 42.5 Å². The summed E-state index contributed by atoms with van der Waals surface area (Å²) in [6.45, 7) is 3.64. The smallest absolute Gasteiger partial charge is 0.254 e. The van der Waals surface area contributed by atoms with E-state index in [1.165, 1.54) is 17.5 Å². The van der Waals surface area contributed by atoms with Crippen LogP contribution in [0.15, 0.2) is 18.2 Å². The summed E-state index contributed by atoms with van der Waals surface area (Å²) in [7, 11) is 0. The van der Waals surface area contributed by atoms with Gasteiger partial charge in [-0.3, -0.25) is 9.89 Å². The molecule has 1 fully saturated rings. The Morgan fingerprint density at radius 1 is 1.38 bits per heavy atom. The second-order valence-corrected chi connectivity index (χ2v) is 6.44. The molecule has 1 aromatic heterocycles. The van der Waals surface area contributed by atoms with Crippen molar-refractivity contribution in [3.05, 3.63) is 46.5 Å². The Bertz CT molecular complexity index is 755. The lowest BCUT2D eigenvalue weighted by atomic mass is 10.1. The van der Waals surface area contributed by atoms with Crippen LogP contribution >= 0.6 is 0 Å². The van der Waals surface area contributed by atoms with Gasteiger partial charge in [-0.2, -0.15) is 5.10 Å². The maximum atomic E-state index is 12.9. The van der Waals surface area contributed by atoms with E-state index in [-0.39, 0.29) is 12.0 Å². The van der Waals surface area contributed by atoms with Crippen LogP contribution in [0.4, 0.5) is 0 Å². The molecule has 0 bridgehead atoms. The summed E-state index contributed by atoms with van der Waals surface area (Å²) in [4.78, 5) is 19.2. The Morgan fingerprint density at radius 3 is 3.08 bits per heavy atom. The fourth-order valence-electron chi connectivity index (χ4n) is 3.49. The average Bonchev–Trinajstić information content (AvgIpc) is 3.29. The van der Waals surface area contributed by atoms with Crippen molar-refractivity contribution in [1.29, 1.82) is 0 Å². The molecule has 1 aromatic carbocycles. The molecule has 6 nitrogen and oxygen atoms in total. The number of rotatable bonds is 3. The average molecular weight is 326 g/mol. The highest BCUT2D eigenvalue weighted by atomic mass is 16.5. The second-order valence-electron chi connectivity index (χ2n) is 6.44. The highest BCUT2D eigenvalue weighted by Gasteiger charge is 2.29. The molecular weight excluding hydrogens is 304 g/mol. The number of nitrogens with zero attached hydrogens (tertiary/aromatic N) is 3. The van der Waals surface area contributed by atoms with Crippen LogP contribution in [-0.2, 0) is 24.0 Å². The Balaban J connectivity index is 1.50. The Kier molecular flexibility index (Phi) is 4.06. The van der Waals surface area contributed by atoms with E-state index in [0.29, 0.717) is 25.5 Å². The lowest BCUT2D eigenvalue weighted by molar-refractivity contribution is -0.0266. The number of amides is 1. The van der Waals surface area contributed by atoms with Crippen molar-refractivity contribution in [2.24, 2.45) is 0 Å². The van der Waals surface area contributed by atoms with E-state index in [0.717, 1.165) is 30.7 Å². The van der Waals surface area contributed by atoms with E-state index in [4.69, 9.17) is 4.74 Å². The van der Waals surface area contributed by atoms with Gasteiger partial charge in [-0.25, -0.2) is 4.98 Å². The van der Waals surface area contributed by atoms with Gasteiger partial charge in [-0.1, -0.05) is 13.0 Å². The van der Waals surface area contributed by atoms with Crippen molar-refractivity contribution in [3.63, 3.8) is 0 Å². The summed E-state index contributed by atoms with van der Waals surface area (Å²) >= 11 is 0. The number of ether oxygens (including phenoxy) is 1. The molecule has 1 atom stereocenters. The normalized spacial score (nSPS) is 20.2. The maximum Gasteiger partial charge on any atom is 0.254 e. The molecule has 6 heteroatoms. The van der Waals surface area contributed by atoms with Gasteiger partial charge >= 0.3 is 0 Å². The number of aromatic nitrogens is 3. The van der Waals surface area contributed by atoms with Crippen molar-refractivity contribution in [1.82, 2.24) is 20.1 Å². The quantitative estimate of drug-likeness (QED) is 0.937. The number of morpholine rings is 1. The molecule has 126 valence electrons. The highest BCUT2D eigenvalue weighted by molar-refractivity contribution is 5.94. The first-order valence-electron chi connectivity index (χ1n) is 8.68. The summed E-state index contributed by atoms with van der Waals surface area (Å²) in [5, 5.41) is 7.14. The number of hydrogen-bond acceptors (Lipinski definition) is 4. The number of carbonyl (C=O) groups excluding carboxylic acids is 1. The van der Waals surface area contributed by atoms with Crippen LogP contribution in [0.5, 0.6) is 0 Å². The third kappa shape index (κ3) is 2.82. The van der Waals surface area contributed by atoms with Crippen molar-refractivity contribution in [2.75, 3.05) is 19.7 Å². The van der Waals surface area contributed by atoms with Crippen molar-refractivity contribution < 1.29 is 9.53 Å². The maximum absolute atomic E-state index is 12.9. The SMILES string of the molecule is CCc1nc([C@H]2CN(C(=O)c3ccc4c(c3)CCC4)CCO2)n[nH]1. The van der Waals surface area contributed by atoms with Crippen LogP contribution in [0.2, 0.25) is 0 Å². The fourth-order valence-corrected chi connectivity index (χ4v) is 3.49. The van der Waals surface area contributed by atoms with Crippen LogP contribution in [0.1, 0.15) is 52.6 Å². The van der Waals surface area contributed by atoms with Gasteiger partial charge in [0.1, 0.15) is 11.9 Å². The summed E-state index contributed by atoms with van der Waals surface area (Å²) in [6.07, 6.45) is 3.95. The number of aryl methyl sites for hydroxylation is 3. The van der Waals surface area contributed by atoms with E-state index in [1.807, 2.05) is 17.9 Å². The van der Waals surface area contributed by atoms with E-state index in [9.17, 15) is 4.79 Å². The van der Waals surface area contributed by atoms with E-state index in [2.05, 4.69) is 27.3 Å². The minimum Gasteiger partial charge on any atom is -0.366 e. The van der Waals surface area contributed by atoms with E-state index >= 15 is 0 Å². The molecule has 1 aliphatic carbocycles. The zero-order valence-corrected chi connectivity index (χ0v) is 13.9. The molecule has 1 N–H and O–H groups in total. The van der Waals surface area contributed by atoms with Gasteiger partial charge in [0.25, 0.3) is 5.91 Å². The number of nitrogens with one attached hydrogen (secondary N) is 1. The van der Waals surface area contributed by atoms with Crippen LogP contribution in [0.3, 0.4) is 0 Å². The first-order chi connectivity index (χ1) is 11.7. The van der Waals surface area contributed by atoms with Gasteiger partial charge in [0.2, 0.25) is 0 Å². The third-order valence-electron chi connectivity index (χ3n) is 4.87. The highest BCUT2D eigenvalue weighted by Crippen LogP contribution is 2.25. The molecule has 2 heterocycles. The number of fused-ring (bicyclic) bond motifs is 1. The fraction of sp³-hybridized carbons (Fsp3) is 0.500. The van der Waals surface area contributed by atoms with Crippen LogP contribution < -0.4 is 0 Å². The van der Waals surface area contributed by atoms with E-state index in [1.54, 1.807) is 0 Å². The molecule has 24 heavy (non-hydrogen) atoms. The molecule has 2 aromatic rings. The summed E-state index contributed by atoms with van der Waals surface area (Å²) in [6, 6.07) is 6.13. The topological polar surface area (TPSA) is 71.1 Å². The number of aromatic amines is 1. The summed E-state index contributed by atoms with van der Waals surface area (Å²) in [5.41, 5.74) is 3.49. The van der Waals surface area contributed by atoms with Crippen molar-refractivity contribution in [3.8, 4) is 0 Å². The minimum absolute atomic E-state index is 0.0734. The van der Waals surface area contributed by atoms with Gasteiger partial charge in [0, 0.05) is 18.5 Å². The predicted octanol–water partition coefficient (Wildman–Crippen LogP) is 2.07. The van der Waals surface area contributed by atoms with Crippen LogP contribution in [0.25, 0.3) is 0 Å². The Morgan fingerprint density at radius 2 is 2.25 bits per heavy atom. The molecule has 0 saturated carbocycles. The Hall–Kier alpha value is -2.21. The van der Waals surface area contributed by atoms with Crippen molar-refractivity contribution >= 4 is 5.91 Å². The summed E-state index contributed by atoms with van der Waals surface area (Å²) < 4.78 is 5.77. The monoisotopic (exact) mass is 326 g/mol. The first-order valence-corrected chi connectivity index (χ1v) is 8.68. The Labute approximate surface area is 141 Å². The first kappa shape index (κ1) is 15.3. The van der Waals surface area contributed by atoms with Gasteiger partial charge in [0.05, 0.1) is 13.2 Å². The van der Waals surface area contributed by atoms with Gasteiger partial charge < -0.3 is 9.64 Å². The van der Waals surface area contributed by atoms with E-state index < -0.39 is 0 Å². The zero-order chi connectivity index (χ0) is 16.5. The number of hydrogen-bond donors (Lipinski definition) is 1. The standard InChI is InChI=1S/C18H22N4O2/c1-2-16-19-17(21-20-16)15-11-22(8-9-24-15)18(23)14-7-6-12-4-3-5-13(12)10-14/h6-7,10,15H,2-5,8-9,11H2,1H3,(H,19,20,21)/t15-/m1/s1. The van der Waals surface area contributed by atoms with Crippen molar-refractivity contribution in [2.45, 2.75) is 38.7 Å². The minimum atomic E-state index is -0.256. The molecule has 4 rings (SSSR count). The van der Waals surface area contributed by atoms with Crippen LogP contribution in [0, 0.1) is 0 Å². The third-order valence-corrected chi connectivity index (χ3v) is 4.87. The lowest BCUT2D eigenvalue weighted by Gasteiger charge is -2.31. The number of carbonyl (C=O) groups is 1. The zero-order valence-electron chi connectivity index (χ0n) is 13.9. The molecular formula is C18H22N4O2. The lowest BCUT2D eigenvalue weighted by Crippen LogP contribution is -2.42. The number of benzene rings is 1. The largest absolute Gasteiger partial charge is 0.366 e. The predicted molar refractivity (Wildman–Crippen MR) is 88.8 cm³/mol. The molecule has 0 radical (unpaired) electrons. The molecule has 1 amide bonds. The molecule has 0 spiro atoms. The molecule has 0 unspecified atom stereocenters. The summed E-state index contributed by atoms with van der Waals surface area (Å²) in [5.74, 6) is 1.55. The van der Waals surface area contributed by atoms with Gasteiger partial charge in [-0.15, -0.1) is 0 Å². The van der Waals surface area contributed by atoms with Gasteiger partial charge in [0.15, 0.2) is 5.82 Å². The van der Waals surface area contributed by atoms with Crippen LogP contribution in [-0.4, -0.2) is 45.7 Å². The molecule has 1 saturated heterocycles. The molecule has 2 aliphatic rings. The number of H-pyrrole nitrogens is 1. The second kappa shape index (κ2) is 6.36.